The number of amides is 3. The number of aryl methyl sites for hydroxylation is 1. The van der Waals surface area contributed by atoms with Crippen LogP contribution < -0.4 is 16.0 Å². The summed E-state index contributed by atoms with van der Waals surface area (Å²) in [5.74, 6) is -2.43. The molecule has 0 radical (unpaired) electrons. The third-order valence-electron chi connectivity index (χ3n) is 5.91. The van der Waals surface area contributed by atoms with Crippen LogP contribution in [-0.2, 0) is 4.79 Å². The fourth-order valence-corrected chi connectivity index (χ4v) is 5.66. The molecular weight excluding hydrogens is 619 g/mol. The molecule has 38 heavy (non-hydrogen) atoms. The quantitative estimate of drug-likeness (QED) is 0.161. The highest BCUT2D eigenvalue weighted by Crippen LogP contribution is 2.65. The summed E-state index contributed by atoms with van der Waals surface area (Å²) in [5.41, 5.74) is 2.38. The summed E-state index contributed by atoms with van der Waals surface area (Å²) in [6.45, 7) is 1.71. The molecule has 0 heterocycles. The molecule has 198 valence electrons. The first-order valence-electron chi connectivity index (χ1n) is 10.8. The Bertz CT molecular complexity index is 1460. The van der Waals surface area contributed by atoms with Crippen molar-refractivity contribution >= 4 is 105 Å². The van der Waals surface area contributed by atoms with Crippen LogP contribution in [0.3, 0.4) is 0 Å². The summed E-state index contributed by atoms with van der Waals surface area (Å²) in [4.78, 5) is 36.9. The monoisotopic (exact) mass is 633 g/mol. The summed E-state index contributed by atoms with van der Waals surface area (Å²) >= 11 is 37.4. The fraction of sp³-hybridized carbons (Fsp3) is 0.160. The molecule has 3 aromatic carbocycles. The molecule has 1 aliphatic carbocycles. The van der Waals surface area contributed by atoms with Crippen LogP contribution in [0.15, 0.2) is 48.5 Å². The van der Waals surface area contributed by atoms with Gasteiger partial charge in [-0.2, -0.15) is 0 Å². The average molecular weight is 636 g/mol. The van der Waals surface area contributed by atoms with Crippen LogP contribution in [0.25, 0.3) is 0 Å². The van der Waals surface area contributed by atoms with Crippen molar-refractivity contribution in [1.82, 2.24) is 0 Å². The lowest BCUT2D eigenvalue weighted by molar-refractivity contribution is -0.117. The number of hydrogen-bond acceptors (Lipinski definition) is 3. The summed E-state index contributed by atoms with van der Waals surface area (Å²) in [7, 11) is 0. The van der Waals surface area contributed by atoms with E-state index in [2.05, 4.69) is 16.0 Å². The highest BCUT2D eigenvalue weighted by molar-refractivity contribution is 6.54. The maximum atomic E-state index is 13.1. The predicted octanol–water partition coefficient (Wildman–Crippen LogP) is 8.48. The molecule has 1 fully saturated rings. The number of halogens is 6. The lowest BCUT2D eigenvalue weighted by atomic mass is 10.1. The molecule has 13 heteroatoms. The molecule has 4 rings (SSSR count). The molecule has 0 aliphatic heterocycles. The molecule has 1 aliphatic rings. The van der Waals surface area contributed by atoms with E-state index in [4.69, 9.17) is 74.7 Å². The first-order chi connectivity index (χ1) is 17.8. The van der Waals surface area contributed by atoms with Gasteiger partial charge in [0.1, 0.15) is 4.33 Å². The number of carbonyl (C=O) groups excluding carboxylic acids is 2. The standard InChI is InChI=1S/C25H17Cl6N3O4/c1-10-6-12(33-24(37)38)3-5-18(10)34-22(35)14-9-13(2-4-15(14)26)32-23(36)20-19(25(20,30)31)11-7-16(27)21(29)17(28)8-11/h2-9,19-20,33H,1H3,(H,32,36)(H,34,35)(H,37,38). The topological polar surface area (TPSA) is 108 Å². The van der Waals surface area contributed by atoms with E-state index in [-0.39, 0.29) is 25.7 Å². The van der Waals surface area contributed by atoms with Crippen LogP contribution in [0.4, 0.5) is 21.9 Å². The van der Waals surface area contributed by atoms with E-state index in [0.717, 1.165) is 0 Å². The average Bonchev–Trinajstić information content (AvgIpc) is 3.41. The van der Waals surface area contributed by atoms with E-state index in [1.54, 1.807) is 31.2 Å². The van der Waals surface area contributed by atoms with Crippen LogP contribution in [0.1, 0.15) is 27.4 Å². The van der Waals surface area contributed by atoms with E-state index < -0.39 is 34.1 Å². The number of rotatable bonds is 6. The van der Waals surface area contributed by atoms with Gasteiger partial charge < -0.3 is 15.7 Å². The van der Waals surface area contributed by atoms with E-state index >= 15 is 0 Å². The molecule has 4 N–H and O–H groups in total. The minimum absolute atomic E-state index is 0.100. The molecule has 2 unspecified atom stereocenters. The summed E-state index contributed by atoms with van der Waals surface area (Å²) in [6.07, 6.45) is -1.20. The minimum Gasteiger partial charge on any atom is -0.465 e. The van der Waals surface area contributed by atoms with Gasteiger partial charge in [0.05, 0.1) is 31.6 Å². The van der Waals surface area contributed by atoms with Crippen molar-refractivity contribution in [3.8, 4) is 0 Å². The van der Waals surface area contributed by atoms with Crippen LogP contribution in [0.2, 0.25) is 20.1 Å². The number of hydrogen-bond donors (Lipinski definition) is 4. The largest absolute Gasteiger partial charge is 0.465 e. The van der Waals surface area contributed by atoms with E-state index in [0.29, 0.717) is 28.2 Å². The number of carboxylic acid groups (broad SMARTS) is 1. The molecule has 2 atom stereocenters. The Morgan fingerprint density at radius 2 is 1.42 bits per heavy atom. The highest BCUT2D eigenvalue weighted by Gasteiger charge is 2.67. The molecule has 0 bridgehead atoms. The van der Waals surface area contributed by atoms with Crippen LogP contribution in [-0.4, -0.2) is 27.3 Å². The second-order valence-corrected chi connectivity index (χ2v) is 11.6. The SMILES string of the molecule is Cc1cc(NC(=O)O)ccc1NC(=O)c1cc(NC(=O)C2C(c3cc(Cl)c(Cl)c(Cl)c3)C2(Cl)Cl)ccc1Cl. The van der Waals surface area contributed by atoms with Gasteiger partial charge in [0.2, 0.25) is 5.91 Å². The number of alkyl halides is 2. The number of nitrogens with one attached hydrogen (secondary N) is 3. The molecule has 7 nitrogen and oxygen atoms in total. The van der Waals surface area contributed by atoms with Gasteiger partial charge in [-0.05, 0) is 66.6 Å². The van der Waals surface area contributed by atoms with E-state index in [1.165, 1.54) is 24.3 Å². The van der Waals surface area contributed by atoms with Crippen LogP contribution in [0, 0.1) is 12.8 Å². The van der Waals surface area contributed by atoms with Gasteiger partial charge in [0.15, 0.2) is 0 Å². The highest BCUT2D eigenvalue weighted by atomic mass is 35.5. The van der Waals surface area contributed by atoms with Gasteiger partial charge in [0.25, 0.3) is 5.91 Å². The van der Waals surface area contributed by atoms with Gasteiger partial charge in [-0.1, -0.05) is 46.4 Å². The second kappa shape index (κ2) is 11.0. The van der Waals surface area contributed by atoms with Gasteiger partial charge >= 0.3 is 6.09 Å². The Morgan fingerprint density at radius 3 is 2.03 bits per heavy atom. The maximum Gasteiger partial charge on any atom is 0.409 e. The molecule has 3 amide bonds. The Labute approximate surface area is 247 Å². The lowest BCUT2D eigenvalue weighted by Gasteiger charge is -2.12. The zero-order valence-electron chi connectivity index (χ0n) is 19.2. The molecule has 3 aromatic rings. The third kappa shape index (κ3) is 5.93. The van der Waals surface area contributed by atoms with Gasteiger partial charge in [-0.25, -0.2) is 4.79 Å². The van der Waals surface area contributed by atoms with Crippen molar-refractivity contribution in [1.29, 1.82) is 0 Å². The van der Waals surface area contributed by atoms with Crippen LogP contribution in [0.5, 0.6) is 0 Å². The molecule has 0 aromatic heterocycles. The summed E-state index contributed by atoms with van der Waals surface area (Å²) < 4.78 is -1.41. The Hall–Kier alpha value is -2.39. The van der Waals surface area contributed by atoms with E-state index in [1.807, 2.05) is 0 Å². The Kier molecular flexibility index (Phi) is 8.28. The Balaban J connectivity index is 1.50. The molecular formula is C25H17Cl6N3O4. The number of carbonyl (C=O) groups is 3. The lowest BCUT2D eigenvalue weighted by Crippen LogP contribution is -2.18. The summed E-state index contributed by atoms with van der Waals surface area (Å²) in [5, 5.41) is 17.3. The number of benzene rings is 3. The first kappa shape index (κ1) is 28.6. The zero-order chi connectivity index (χ0) is 27.9. The third-order valence-corrected chi connectivity index (χ3v) is 8.37. The first-order valence-corrected chi connectivity index (χ1v) is 13.1. The maximum absolute atomic E-state index is 13.1. The molecule has 0 spiro atoms. The van der Waals surface area contributed by atoms with Crippen molar-refractivity contribution in [2.24, 2.45) is 5.92 Å². The van der Waals surface area contributed by atoms with Gasteiger partial charge in [-0.3, -0.25) is 14.9 Å². The van der Waals surface area contributed by atoms with Crippen molar-refractivity contribution in [2.45, 2.75) is 17.2 Å². The van der Waals surface area contributed by atoms with Crippen molar-refractivity contribution < 1.29 is 19.5 Å². The van der Waals surface area contributed by atoms with Crippen molar-refractivity contribution in [3.05, 3.63) is 85.3 Å². The van der Waals surface area contributed by atoms with E-state index in [9.17, 15) is 14.4 Å². The predicted molar refractivity (Wildman–Crippen MR) is 153 cm³/mol. The summed E-state index contributed by atoms with van der Waals surface area (Å²) in [6, 6.07) is 12.2. The Morgan fingerprint density at radius 1 is 0.816 bits per heavy atom. The van der Waals surface area contributed by atoms with Crippen LogP contribution >= 0.6 is 69.6 Å². The minimum atomic E-state index is -1.41. The normalized spacial score (nSPS) is 17.4. The smallest absolute Gasteiger partial charge is 0.409 e. The van der Waals surface area contributed by atoms with Crippen molar-refractivity contribution in [2.75, 3.05) is 16.0 Å². The van der Waals surface area contributed by atoms with Gasteiger partial charge in [0, 0.05) is 23.0 Å². The molecule has 0 saturated heterocycles. The number of anilines is 3. The zero-order valence-corrected chi connectivity index (χ0v) is 23.7. The van der Waals surface area contributed by atoms with Gasteiger partial charge in [-0.15, -0.1) is 23.2 Å². The van der Waals surface area contributed by atoms with Crippen molar-refractivity contribution in [3.63, 3.8) is 0 Å². The molecule has 1 saturated carbocycles. The fourth-order valence-electron chi connectivity index (χ4n) is 4.01. The second-order valence-electron chi connectivity index (χ2n) is 8.53.